The van der Waals surface area contributed by atoms with Crippen LogP contribution in [0.15, 0.2) is 6.20 Å². The summed E-state index contributed by atoms with van der Waals surface area (Å²) in [6.45, 7) is 3.23. The zero-order valence-electron chi connectivity index (χ0n) is 9.91. The fourth-order valence-electron chi connectivity index (χ4n) is 1.11. The standard InChI is InChI=1S/C10H11F3N2O3/c1-5(2)18-9-14-4-6(8(16)17-3)7(15-9)10(11,12)13/h4-5H,1-3H3. The highest BCUT2D eigenvalue weighted by Gasteiger charge is 2.38. The Morgan fingerprint density at radius 2 is 2.00 bits per heavy atom. The van der Waals surface area contributed by atoms with Crippen LogP contribution < -0.4 is 4.74 Å². The van der Waals surface area contributed by atoms with Gasteiger partial charge in [-0.15, -0.1) is 0 Å². The zero-order chi connectivity index (χ0) is 13.9. The van der Waals surface area contributed by atoms with Crippen molar-refractivity contribution in [3.05, 3.63) is 17.5 Å². The van der Waals surface area contributed by atoms with Gasteiger partial charge in [0, 0.05) is 6.20 Å². The Kier molecular flexibility index (Phi) is 4.10. The van der Waals surface area contributed by atoms with Gasteiger partial charge in [0.25, 0.3) is 0 Å². The maximum Gasteiger partial charge on any atom is 0.434 e. The lowest BCUT2D eigenvalue weighted by Crippen LogP contribution is -2.19. The van der Waals surface area contributed by atoms with E-state index in [2.05, 4.69) is 14.7 Å². The van der Waals surface area contributed by atoms with Crippen molar-refractivity contribution in [1.29, 1.82) is 0 Å². The Hall–Kier alpha value is -1.86. The Balaban J connectivity index is 3.25. The molecule has 0 amide bonds. The number of carbonyl (C=O) groups excluding carboxylic acids is 1. The molecule has 0 N–H and O–H groups in total. The lowest BCUT2D eigenvalue weighted by atomic mass is 10.2. The second-order valence-electron chi connectivity index (χ2n) is 3.57. The van der Waals surface area contributed by atoms with Gasteiger partial charge in [-0.3, -0.25) is 0 Å². The fourth-order valence-corrected chi connectivity index (χ4v) is 1.11. The highest BCUT2D eigenvalue weighted by atomic mass is 19.4. The largest absolute Gasteiger partial charge is 0.465 e. The predicted molar refractivity (Wildman–Crippen MR) is 54.1 cm³/mol. The minimum atomic E-state index is -4.79. The number of aromatic nitrogens is 2. The zero-order valence-corrected chi connectivity index (χ0v) is 9.91. The van der Waals surface area contributed by atoms with E-state index in [4.69, 9.17) is 4.74 Å². The van der Waals surface area contributed by atoms with Crippen LogP contribution in [0.1, 0.15) is 29.9 Å². The molecule has 0 unspecified atom stereocenters. The van der Waals surface area contributed by atoms with Crippen molar-refractivity contribution < 1.29 is 27.4 Å². The lowest BCUT2D eigenvalue weighted by Gasteiger charge is -2.12. The summed E-state index contributed by atoms with van der Waals surface area (Å²) in [6.07, 6.45) is -4.43. The monoisotopic (exact) mass is 264 g/mol. The summed E-state index contributed by atoms with van der Waals surface area (Å²) >= 11 is 0. The number of ether oxygens (including phenoxy) is 2. The van der Waals surface area contributed by atoms with Crippen molar-refractivity contribution in [2.75, 3.05) is 7.11 Å². The second-order valence-corrected chi connectivity index (χ2v) is 3.57. The van der Waals surface area contributed by atoms with Crippen LogP contribution in [0.5, 0.6) is 6.01 Å². The molecule has 1 aromatic rings. The van der Waals surface area contributed by atoms with E-state index in [9.17, 15) is 18.0 Å². The number of rotatable bonds is 3. The molecule has 0 aromatic carbocycles. The molecule has 1 heterocycles. The predicted octanol–water partition coefficient (Wildman–Crippen LogP) is 2.07. The van der Waals surface area contributed by atoms with E-state index < -0.39 is 29.4 Å². The Morgan fingerprint density at radius 1 is 1.39 bits per heavy atom. The van der Waals surface area contributed by atoms with E-state index in [1.54, 1.807) is 13.8 Å². The average molecular weight is 264 g/mol. The summed E-state index contributed by atoms with van der Waals surface area (Å²) in [5.41, 5.74) is -2.12. The quantitative estimate of drug-likeness (QED) is 0.782. The molecule has 0 spiro atoms. The average Bonchev–Trinajstić information content (AvgIpc) is 2.26. The van der Waals surface area contributed by atoms with Crippen LogP contribution in [0, 0.1) is 0 Å². The molecule has 0 bridgehead atoms. The van der Waals surface area contributed by atoms with Gasteiger partial charge in [0.05, 0.1) is 13.2 Å². The molecule has 0 saturated heterocycles. The first-order chi connectivity index (χ1) is 8.25. The topological polar surface area (TPSA) is 61.3 Å². The summed E-state index contributed by atoms with van der Waals surface area (Å²) < 4.78 is 47.3. The fraction of sp³-hybridized carbons (Fsp3) is 0.500. The molecular weight excluding hydrogens is 253 g/mol. The molecule has 1 rings (SSSR count). The van der Waals surface area contributed by atoms with E-state index in [0.717, 1.165) is 13.3 Å². The third kappa shape index (κ3) is 3.31. The molecule has 0 radical (unpaired) electrons. The second kappa shape index (κ2) is 5.19. The van der Waals surface area contributed by atoms with Gasteiger partial charge in [-0.1, -0.05) is 0 Å². The summed E-state index contributed by atoms with van der Waals surface area (Å²) in [4.78, 5) is 17.9. The number of hydrogen-bond donors (Lipinski definition) is 0. The van der Waals surface area contributed by atoms with Gasteiger partial charge in [0.15, 0.2) is 5.69 Å². The first-order valence-corrected chi connectivity index (χ1v) is 4.95. The van der Waals surface area contributed by atoms with Crippen molar-refractivity contribution in [3.63, 3.8) is 0 Å². The van der Waals surface area contributed by atoms with Crippen LogP contribution >= 0.6 is 0 Å². The van der Waals surface area contributed by atoms with Crippen molar-refractivity contribution in [3.8, 4) is 6.01 Å². The molecule has 18 heavy (non-hydrogen) atoms. The highest BCUT2D eigenvalue weighted by molar-refractivity contribution is 5.90. The molecule has 100 valence electrons. The Morgan fingerprint density at radius 3 is 2.44 bits per heavy atom. The number of esters is 1. The number of alkyl halides is 3. The van der Waals surface area contributed by atoms with E-state index >= 15 is 0 Å². The van der Waals surface area contributed by atoms with Gasteiger partial charge in [-0.2, -0.15) is 18.2 Å². The molecular formula is C10H11F3N2O3. The molecule has 0 aliphatic carbocycles. The Labute approximate surface area is 101 Å². The first-order valence-electron chi connectivity index (χ1n) is 4.95. The minimum absolute atomic E-state index is 0.380. The van der Waals surface area contributed by atoms with Gasteiger partial charge in [-0.05, 0) is 13.8 Å². The van der Waals surface area contributed by atoms with Gasteiger partial charge in [-0.25, -0.2) is 9.78 Å². The smallest absolute Gasteiger partial charge is 0.434 e. The Bertz CT molecular complexity index is 446. The maximum atomic E-state index is 12.7. The number of halogens is 3. The molecule has 0 aliphatic rings. The summed E-state index contributed by atoms with van der Waals surface area (Å²) in [7, 11) is 0.973. The molecule has 5 nitrogen and oxygen atoms in total. The van der Waals surface area contributed by atoms with Crippen molar-refractivity contribution in [2.45, 2.75) is 26.1 Å². The van der Waals surface area contributed by atoms with E-state index in [-0.39, 0.29) is 6.10 Å². The summed E-state index contributed by atoms with van der Waals surface area (Å²) in [5.74, 6) is -1.15. The van der Waals surface area contributed by atoms with Gasteiger partial charge < -0.3 is 9.47 Å². The van der Waals surface area contributed by atoms with Crippen molar-refractivity contribution >= 4 is 5.97 Å². The lowest BCUT2D eigenvalue weighted by molar-refractivity contribution is -0.142. The van der Waals surface area contributed by atoms with Gasteiger partial charge in [0.1, 0.15) is 5.56 Å². The molecule has 0 aliphatic heterocycles. The number of methoxy groups -OCH3 is 1. The molecule has 0 saturated carbocycles. The van der Waals surface area contributed by atoms with Crippen LogP contribution in [-0.2, 0) is 10.9 Å². The normalized spacial score (nSPS) is 11.5. The van der Waals surface area contributed by atoms with E-state index in [0.29, 0.717) is 0 Å². The van der Waals surface area contributed by atoms with Crippen molar-refractivity contribution in [1.82, 2.24) is 9.97 Å². The van der Waals surface area contributed by atoms with Crippen LogP contribution in [0.4, 0.5) is 13.2 Å². The molecule has 0 fully saturated rings. The van der Waals surface area contributed by atoms with E-state index in [1.807, 2.05) is 0 Å². The SMILES string of the molecule is COC(=O)c1cnc(OC(C)C)nc1C(F)(F)F. The van der Waals surface area contributed by atoms with Crippen molar-refractivity contribution in [2.24, 2.45) is 0 Å². The van der Waals surface area contributed by atoms with Crippen LogP contribution in [0.3, 0.4) is 0 Å². The minimum Gasteiger partial charge on any atom is -0.465 e. The maximum absolute atomic E-state index is 12.7. The molecule has 1 aromatic heterocycles. The molecule has 0 atom stereocenters. The first kappa shape index (κ1) is 14.2. The van der Waals surface area contributed by atoms with E-state index in [1.165, 1.54) is 0 Å². The van der Waals surface area contributed by atoms with Gasteiger partial charge >= 0.3 is 18.2 Å². The molecule has 8 heteroatoms. The van der Waals surface area contributed by atoms with Gasteiger partial charge in [0.2, 0.25) is 0 Å². The number of hydrogen-bond acceptors (Lipinski definition) is 5. The van der Waals surface area contributed by atoms with Crippen LogP contribution in [0.2, 0.25) is 0 Å². The van der Waals surface area contributed by atoms with Crippen LogP contribution in [0.25, 0.3) is 0 Å². The number of carbonyl (C=O) groups is 1. The van der Waals surface area contributed by atoms with Crippen LogP contribution in [-0.4, -0.2) is 29.2 Å². The summed E-state index contributed by atoms with van der Waals surface area (Å²) in [6, 6.07) is -0.440. The summed E-state index contributed by atoms with van der Waals surface area (Å²) in [5, 5.41) is 0. The third-order valence-corrected chi connectivity index (χ3v) is 1.78. The highest BCUT2D eigenvalue weighted by Crippen LogP contribution is 2.31. The number of nitrogens with zero attached hydrogens (tertiary/aromatic N) is 2. The third-order valence-electron chi connectivity index (χ3n) is 1.78.